The van der Waals surface area contributed by atoms with E-state index in [2.05, 4.69) is 15.2 Å². The fourth-order valence-corrected chi connectivity index (χ4v) is 3.25. The van der Waals surface area contributed by atoms with Crippen molar-refractivity contribution in [3.63, 3.8) is 0 Å². The quantitative estimate of drug-likeness (QED) is 0.731. The van der Waals surface area contributed by atoms with E-state index in [9.17, 15) is 4.79 Å². The van der Waals surface area contributed by atoms with Gasteiger partial charge in [-0.1, -0.05) is 5.16 Å². The number of nitrogens with zero attached hydrogens (tertiary/aromatic N) is 5. The Bertz CT molecular complexity index is 828. The van der Waals surface area contributed by atoms with Gasteiger partial charge in [-0.15, -0.1) is 0 Å². The minimum atomic E-state index is -0.0873. The Labute approximate surface area is 145 Å². The predicted molar refractivity (Wildman–Crippen MR) is 90.6 cm³/mol. The number of pyridine rings is 1. The zero-order valence-corrected chi connectivity index (χ0v) is 13.8. The van der Waals surface area contributed by atoms with Crippen LogP contribution in [-0.2, 0) is 6.54 Å². The summed E-state index contributed by atoms with van der Waals surface area (Å²) in [5.41, 5.74) is 1.15. The molecular weight excluding hydrogens is 318 g/mol. The molecule has 3 aromatic heterocycles. The number of amides is 1. The molecule has 4 heterocycles. The van der Waals surface area contributed by atoms with E-state index in [1.165, 1.54) is 0 Å². The van der Waals surface area contributed by atoms with Crippen LogP contribution in [0.25, 0.3) is 11.3 Å². The first-order valence-electron chi connectivity index (χ1n) is 8.47. The largest absolute Gasteiger partial charge is 0.355 e. The molecule has 0 aromatic carbocycles. The van der Waals surface area contributed by atoms with Gasteiger partial charge in [-0.25, -0.2) is 0 Å². The third kappa shape index (κ3) is 3.31. The lowest BCUT2D eigenvalue weighted by atomic mass is 10.0. The zero-order valence-electron chi connectivity index (χ0n) is 13.8. The van der Waals surface area contributed by atoms with Crippen molar-refractivity contribution in [3.8, 4) is 11.3 Å². The highest BCUT2D eigenvalue weighted by molar-refractivity contribution is 5.93. The fourth-order valence-electron chi connectivity index (χ4n) is 3.25. The van der Waals surface area contributed by atoms with Crippen molar-refractivity contribution in [1.29, 1.82) is 0 Å². The van der Waals surface area contributed by atoms with Gasteiger partial charge in [0.1, 0.15) is 0 Å². The Morgan fingerprint density at radius 1 is 1.28 bits per heavy atom. The van der Waals surface area contributed by atoms with Crippen LogP contribution in [0.3, 0.4) is 0 Å². The normalized spacial score (nSPS) is 17.6. The number of aromatic nitrogens is 4. The van der Waals surface area contributed by atoms with Crippen LogP contribution in [0.5, 0.6) is 0 Å². The second-order valence-corrected chi connectivity index (χ2v) is 6.19. The smallest absolute Gasteiger partial charge is 0.276 e. The summed E-state index contributed by atoms with van der Waals surface area (Å²) in [5.74, 6) is 0.466. The van der Waals surface area contributed by atoms with Gasteiger partial charge in [0.15, 0.2) is 11.5 Å². The molecule has 1 atom stereocenters. The van der Waals surface area contributed by atoms with Crippen LogP contribution in [0.1, 0.15) is 29.8 Å². The first-order chi connectivity index (χ1) is 12.3. The van der Waals surface area contributed by atoms with Crippen LogP contribution < -0.4 is 0 Å². The number of hydrogen-bond acceptors (Lipinski definition) is 5. The number of carbonyl (C=O) groups excluding carboxylic acids is 1. The monoisotopic (exact) mass is 337 g/mol. The Kier molecular flexibility index (Phi) is 4.28. The van der Waals surface area contributed by atoms with Crippen LogP contribution in [0.2, 0.25) is 0 Å². The molecule has 0 unspecified atom stereocenters. The summed E-state index contributed by atoms with van der Waals surface area (Å²) < 4.78 is 7.22. The Morgan fingerprint density at radius 3 is 3.04 bits per heavy atom. The van der Waals surface area contributed by atoms with E-state index in [4.69, 9.17) is 4.52 Å². The number of carbonyl (C=O) groups is 1. The van der Waals surface area contributed by atoms with E-state index in [1.807, 2.05) is 34.0 Å². The standard InChI is InChI=1S/C18H19N5O2/c24-18(16-11-17(25-21-16)14-5-3-7-19-12-14)23-10-2-1-6-15(23)13-22-9-4-8-20-22/h3-5,7-9,11-12,15H,1-2,6,10,13H2/t15-/m1/s1. The summed E-state index contributed by atoms with van der Waals surface area (Å²) in [7, 11) is 0. The maximum atomic E-state index is 12.9. The number of likely N-dealkylation sites (tertiary alicyclic amines) is 1. The molecule has 1 aliphatic heterocycles. The van der Waals surface area contributed by atoms with E-state index in [-0.39, 0.29) is 11.9 Å². The molecule has 1 fully saturated rings. The highest BCUT2D eigenvalue weighted by Gasteiger charge is 2.29. The summed E-state index contributed by atoms with van der Waals surface area (Å²) >= 11 is 0. The van der Waals surface area contributed by atoms with Gasteiger partial charge in [0.05, 0.1) is 12.6 Å². The van der Waals surface area contributed by atoms with Crippen molar-refractivity contribution < 1.29 is 9.32 Å². The van der Waals surface area contributed by atoms with Crippen molar-refractivity contribution in [2.45, 2.75) is 31.8 Å². The molecule has 0 saturated carbocycles. The first kappa shape index (κ1) is 15.6. The summed E-state index contributed by atoms with van der Waals surface area (Å²) in [6.07, 6.45) is 10.2. The summed E-state index contributed by atoms with van der Waals surface area (Å²) in [6, 6.07) is 7.42. The van der Waals surface area contributed by atoms with E-state index >= 15 is 0 Å². The van der Waals surface area contributed by atoms with Gasteiger partial charge in [0.2, 0.25) is 0 Å². The molecule has 1 saturated heterocycles. The van der Waals surface area contributed by atoms with Gasteiger partial charge in [-0.05, 0) is 37.5 Å². The van der Waals surface area contributed by atoms with Crippen molar-refractivity contribution in [1.82, 2.24) is 24.8 Å². The topological polar surface area (TPSA) is 77.0 Å². The lowest BCUT2D eigenvalue weighted by Crippen LogP contribution is -2.46. The van der Waals surface area contributed by atoms with Gasteiger partial charge in [0, 0.05) is 43.0 Å². The molecule has 128 valence electrons. The first-order valence-corrected chi connectivity index (χ1v) is 8.47. The van der Waals surface area contributed by atoms with Gasteiger partial charge in [0.25, 0.3) is 5.91 Å². The van der Waals surface area contributed by atoms with E-state index in [0.29, 0.717) is 18.0 Å². The van der Waals surface area contributed by atoms with Crippen LogP contribution in [0, 0.1) is 0 Å². The summed E-state index contributed by atoms with van der Waals surface area (Å²) in [4.78, 5) is 18.9. The number of rotatable bonds is 4. The second kappa shape index (κ2) is 6.88. The second-order valence-electron chi connectivity index (χ2n) is 6.19. The highest BCUT2D eigenvalue weighted by Crippen LogP contribution is 2.23. The van der Waals surface area contributed by atoms with Crippen molar-refractivity contribution in [2.24, 2.45) is 0 Å². The third-order valence-electron chi connectivity index (χ3n) is 4.52. The average molecular weight is 337 g/mol. The maximum Gasteiger partial charge on any atom is 0.276 e. The van der Waals surface area contributed by atoms with Crippen LogP contribution in [-0.4, -0.2) is 43.3 Å². The Hall–Kier alpha value is -2.96. The molecule has 7 heteroatoms. The Balaban J connectivity index is 1.53. The molecule has 25 heavy (non-hydrogen) atoms. The molecule has 0 bridgehead atoms. The fraction of sp³-hybridized carbons (Fsp3) is 0.333. The summed E-state index contributed by atoms with van der Waals surface area (Å²) in [5, 5.41) is 8.24. The minimum Gasteiger partial charge on any atom is -0.355 e. The predicted octanol–water partition coefficient (Wildman–Crippen LogP) is 2.63. The SMILES string of the molecule is O=C(c1cc(-c2cccnc2)on1)N1CCCC[C@@H]1Cn1cccn1. The van der Waals surface area contributed by atoms with Gasteiger partial charge < -0.3 is 9.42 Å². The van der Waals surface area contributed by atoms with E-state index in [0.717, 1.165) is 31.4 Å². The zero-order chi connectivity index (χ0) is 17.1. The molecule has 0 radical (unpaired) electrons. The van der Waals surface area contributed by atoms with Crippen molar-refractivity contribution in [2.75, 3.05) is 6.54 Å². The molecule has 0 spiro atoms. The van der Waals surface area contributed by atoms with Gasteiger partial charge >= 0.3 is 0 Å². The molecule has 1 amide bonds. The molecule has 1 aliphatic rings. The molecule has 0 aliphatic carbocycles. The maximum absolute atomic E-state index is 12.9. The highest BCUT2D eigenvalue weighted by atomic mass is 16.5. The molecule has 3 aromatic rings. The van der Waals surface area contributed by atoms with Crippen molar-refractivity contribution >= 4 is 5.91 Å². The lowest BCUT2D eigenvalue weighted by Gasteiger charge is -2.35. The van der Waals surface area contributed by atoms with E-state index < -0.39 is 0 Å². The van der Waals surface area contributed by atoms with Gasteiger partial charge in [-0.3, -0.25) is 14.5 Å². The molecule has 0 N–H and O–H groups in total. The Morgan fingerprint density at radius 2 is 2.24 bits per heavy atom. The lowest BCUT2D eigenvalue weighted by molar-refractivity contribution is 0.0573. The van der Waals surface area contributed by atoms with Crippen LogP contribution in [0.15, 0.2) is 53.6 Å². The van der Waals surface area contributed by atoms with E-state index in [1.54, 1.807) is 24.7 Å². The minimum absolute atomic E-state index is 0.0873. The summed E-state index contributed by atoms with van der Waals surface area (Å²) in [6.45, 7) is 1.44. The number of piperidine rings is 1. The molecule has 4 rings (SSSR count). The molecular formula is C18H19N5O2. The van der Waals surface area contributed by atoms with Crippen LogP contribution in [0.4, 0.5) is 0 Å². The average Bonchev–Trinajstić information content (AvgIpc) is 3.34. The van der Waals surface area contributed by atoms with Crippen LogP contribution >= 0.6 is 0 Å². The third-order valence-corrected chi connectivity index (χ3v) is 4.52. The van der Waals surface area contributed by atoms with Gasteiger partial charge in [-0.2, -0.15) is 5.10 Å². The molecule has 7 nitrogen and oxygen atoms in total. The number of hydrogen-bond donors (Lipinski definition) is 0. The van der Waals surface area contributed by atoms with Crippen molar-refractivity contribution in [3.05, 3.63) is 54.7 Å².